The van der Waals surface area contributed by atoms with Crippen molar-refractivity contribution < 1.29 is 9.59 Å². The smallest absolute Gasteiger partial charge is 0.238 e. The minimum absolute atomic E-state index is 0.0332. The maximum Gasteiger partial charge on any atom is 0.238 e. The average Bonchev–Trinajstić information content (AvgIpc) is 3.39. The number of amides is 2. The molecule has 0 spiro atoms. The number of aromatic nitrogens is 1. The summed E-state index contributed by atoms with van der Waals surface area (Å²) in [5, 5.41) is 0.976. The van der Waals surface area contributed by atoms with Crippen LogP contribution in [0.25, 0.3) is 10.9 Å². The molecule has 126 valence electrons. The first kappa shape index (κ1) is 14.0. The molecule has 7 rings (SSSR count). The van der Waals surface area contributed by atoms with E-state index in [4.69, 9.17) is 0 Å². The van der Waals surface area contributed by atoms with Crippen molar-refractivity contribution in [3.05, 3.63) is 36.0 Å². The zero-order chi connectivity index (χ0) is 16.9. The number of carbonyl (C=O) groups is 2. The molecule has 4 saturated carbocycles. The number of hydrogen-bond acceptors (Lipinski definition) is 3. The van der Waals surface area contributed by atoms with E-state index in [0.29, 0.717) is 29.4 Å². The van der Waals surface area contributed by atoms with Gasteiger partial charge >= 0.3 is 0 Å². The Morgan fingerprint density at radius 2 is 1.60 bits per heavy atom. The highest BCUT2D eigenvalue weighted by atomic mass is 16.2. The normalized spacial score (nSPS) is 38.2. The number of pyridine rings is 1. The lowest BCUT2D eigenvalue weighted by Gasteiger charge is -2.42. The second kappa shape index (κ2) is 4.48. The Labute approximate surface area is 146 Å². The summed E-state index contributed by atoms with van der Waals surface area (Å²) in [5.74, 6) is 2.22. The summed E-state index contributed by atoms with van der Waals surface area (Å²) in [4.78, 5) is 32.7. The third-order valence-corrected chi connectivity index (χ3v) is 7.22. The minimum atomic E-state index is -0.0740. The van der Waals surface area contributed by atoms with Crippen LogP contribution in [0.15, 0.2) is 30.3 Å². The molecule has 5 aliphatic rings. The van der Waals surface area contributed by atoms with Gasteiger partial charge in [0.15, 0.2) is 0 Å². The largest absolute Gasteiger partial charge is 0.274 e. The summed E-state index contributed by atoms with van der Waals surface area (Å²) in [6.07, 6.45) is 3.51. The number of benzene rings is 1. The molecule has 2 bridgehead atoms. The SMILES string of the molecule is Cc1ccc2cccc(N3C(=O)[C@@H]4[C@@H]5CC[C@@H]([C@@H]6C[C@@H]65)[C@@H]4C3=O)c2n1. The Hall–Kier alpha value is -2.23. The second-order valence-corrected chi connectivity index (χ2v) is 8.33. The van der Waals surface area contributed by atoms with Crippen LogP contribution < -0.4 is 4.90 Å². The average molecular weight is 332 g/mol. The Morgan fingerprint density at radius 1 is 0.920 bits per heavy atom. The van der Waals surface area contributed by atoms with Crippen LogP contribution in [0, 0.1) is 42.4 Å². The molecular formula is C21H20N2O2. The summed E-state index contributed by atoms with van der Waals surface area (Å²) in [7, 11) is 0. The van der Waals surface area contributed by atoms with Crippen LogP contribution in [0.2, 0.25) is 0 Å². The molecule has 5 fully saturated rings. The number of anilines is 1. The number of nitrogens with zero attached hydrogens (tertiary/aromatic N) is 2. The van der Waals surface area contributed by atoms with Crippen LogP contribution >= 0.6 is 0 Å². The van der Waals surface area contributed by atoms with Gasteiger partial charge in [0.25, 0.3) is 0 Å². The van der Waals surface area contributed by atoms with E-state index < -0.39 is 0 Å². The van der Waals surface area contributed by atoms with Crippen molar-refractivity contribution in [1.29, 1.82) is 0 Å². The van der Waals surface area contributed by atoms with Crippen LogP contribution in [0.3, 0.4) is 0 Å². The fourth-order valence-corrected chi connectivity index (χ4v) is 6.18. The fraction of sp³-hybridized carbons (Fsp3) is 0.476. The van der Waals surface area contributed by atoms with Gasteiger partial charge in [0.2, 0.25) is 11.8 Å². The maximum absolute atomic E-state index is 13.3. The van der Waals surface area contributed by atoms with Gasteiger partial charge in [0, 0.05) is 11.1 Å². The van der Waals surface area contributed by atoms with Crippen molar-refractivity contribution in [2.45, 2.75) is 26.2 Å². The number of hydrogen-bond donors (Lipinski definition) is 0. The van der Waals surface area contributed by atoms with E-state index in [1.54, 1.807) is 0 Å². The van der Waals surface area contributed by atoms with Crippen molar-refractivity contribution in [2.24, 2.45) is 35.5 Å². The molecule has 1 aromatic carbocycles. The minimum Gasteiger partial charge on any atom is -0.274 e. The zero-order valence-corrected chi connectivity index (χ0v) is 14.2. The molecule has 0 N–H and O–H groups in total. The molecule has 0 unspecified atom stereocenters. The lowest BCUT2D eigenvalue weighted by Crippen LogP contribution is -2.43. The highest BCUT2D eigenvalue weighted by Crippen LogP contribution is 2.68. The first-order valence-electron chi connectivity index (χ1n) is 9.39. The molecule has 4 aliphatic carbocycles. The lowest BCUT2D eigenvalue weighted by atomic mass is 9.59. The van der Waals surface area contributed by atoms with Crippen molar-refractivity contribution in [1.82, 2.24) is 4.98 Å². The fourth-order valence-electron chi connectivity index (χ4n) is 6.18. The first-order chi connectivity index (χ1) is 12.1. The third-order valence-electron chi connectivity index (χ3n) is 7.22. The van der Waals surface area contributed by atoms with E-state index in [2.05, 4.69) is 4.98 Å². The highest BCUT2D eigenvalue weighted by molar-refractivity contribution is 6.25. The van der Waals surface area contributed by atoms with Gasteiger partial charge in [-0.2, -0.15) is 0 Å². The molecule has 1 aromatic heterocycles. The quantitative estimate of drug-likeness (QED) is 0.753. The summed E-state index contributed by atoms with van der Waals surface area (Å²) in [6.45, 7) is 1.94. The zero-order valence-electron chi connectivity index (χ0n) is 14.2. The molecule has 2 amide bonds. The van der Waals surface area contributed by atoms with Gasteiger partial charge in [-0.1, -0.05) is 18.2 Å². The number of rotatable bonds is 1. The van der Waals surface area contributed by atoms with Crippen LogP contribution in [0.4, 0.5) is 5.69 Å². The number of carbonyl (C=O) groups excluding carboxylic acids is 2. The van der Waals surface area contributed by atoms with E-state index in [-0.39, 0.29) is 23.7 Å². The molecule has 1 saturated heterocycles. The van der Waals surface area contributed by atoms with Crippen LogP contribution in [0.5, 0.6) is 0 Å². The Morgan fingerprint density at radius 3 is 2.28 bits per heavy atom. The molecule has 2 heterocycles. The topological polar surface area (TPSA) is 50.3 Å². The van der Waals surface area contributed by atoms with E-state index in [0.717, 1.165) is 29.4 Å². The van der Waals surface area contributed by atoms with Gasteiger partial charge in [-0.3, -0.25) is 14.6 Å². The number of aryl methyl sites for hydroxylation is 1. The van der Waals surface area contributed by atoms with Gasteiger partial charge in [0.1, 0.15) is 0 Å². The third kappa shape index (κ3) is 1.65. The van der Waals surface area contributed by atoms with Crippen molar-refractivity contribution in [3.63, 3.8) is 0 Å². The van der Waals surface area contributed by atoms with Gasteiger partial charge in [-0.05, 0) is 62.0 Å². The van der Waals surface area contributed by atoms with E-state index in [1.807, 2.05) is 37.3 Å². The Bertz CT molecular complexity index is 918. The molecule has 1 aliphatic heterocycles. The van der Waals surface area contributed by atoms with Crippen LogP contribution in [-0.4, -0.2) is 16.8 Å². The van der Waals surface area contributed by atoms with Crippen LogP contribution in [0.1, 0.15) is 25.0 Å². The standard InChI is InChI=1S/C21H20N2O2/c1-10-5-6-11-3-2-4-16(19(11)22-10)23-20(24)17-12-7-8-13(15-9-14(12)15)18(17)21(23)25/h2-6,12-15,17-18H,7-9H2,1H3/t12-,13+,14-,15+,17-,18+. The molecule has 4 nitrogen and oxygen atoms in total. The molecule has 2 aromatic rings. The molecule has 25 heavy (non-hydrogen) atoms. The van der Waals surface area contributed by atoms with E-state index >= 15 is 0 Å². The molecule has 6 atom stereocenters. The van der Waals surface area contributed by atoms with Gasteiger partial charge in [0.05, 0.1) is 23.0 Å². The van der Waals surface area contributed by atoms with Gasteiger partial charge < -0.3 is 0 Å². The van der Waals surface area contributed by atoms with Gasteiger partial charge in [-0.15, -0.1) is 0 Å². The first-order valence-corrected chi connectivity index (χ1v) is 9.39. The van der Waals surface area contributed by atoms with E-state index in [1.165, 1.54) is 11.3 Å². The lowest BCUT2D eigenvalue weighted by molar-refractivity contribution is -0.129. The number of fused-ring (bicyclic) bond motifs is 2. The number of imide groups is 1. The summed E-state index contributed by atoms with van der Waals surface area (Å²) >= 11 is 0. The Balaban J connectivity index is 1.51. The Kier molecular flexibility index (Phi) is 2.51. The van der Waals surface area contributed by atoms with Gasteiger partial charge in [-0.25, -0.2) is 4.90 Å². The van der Waals surface area contributed by atoms with Crippen LogP contribution in [-0.2, 0) is 9.59 Å². The van der Waals surface area contributed by atoms with E-state index in [9.17, 15) is 9.59 Å². The second-order valence-electron chi connectivity index (χ2n) is 8.33. The number of para-hydroxylation sites is 1. The molecular weight excluding hydrogens is 312 g/mol. The summed E-state index contributed by atoms with van der Waals surface area (Å²) in [5.41, 5.74) is 2.34. The molecule has 0 radical (unpaired) electrons. The summed E-state index contributed by atoms with van der Waals surface area (Å²) in [6, 6.07) is 9.77. The maximum atomic E-state index is 13.3. The van der Waals surface area contributed by atoms with Crippen molar-refractivity contribution in [2.75, 3.05) is 4.90 Å². The molecule has 4 heteroatoms. The predicted octanol–water partition coefficient (Wildman–Crippen LogP) is 3.32. The van der Waals surface area contributed by atoms with Crippen molar-refractivity contribution in [3.8, 4) is 0 Å². The van der Waals surface area contributed by atoms with Crippen molar-refractivity contribution >= 4 is 28.4 Å². The predicted molar refractivity (Wildman–Crippen MR) is 93.8 cm³/mol. The monoisotopic (exact) mass is 332 g/mol. The summed E-state index contributed by atoms with van der Waals surface area (Å²) < 4.78 is 0. The highest BCUT2D eigenvalue weighted by Gasteiger charge is 2.68.